The molecule has 4 nitrogen and oxygen atoms in total. The van der Waals surface area contributed by atoms with Crippen LogP contribution in [0.1, 0.15) is 21.5 Å². The highest BCUT2D eigenvalue weighted by Crippen LogP contribution is 2.27. The fourth-order valence-electron chi connectivity index (χ4n) is 2.86. The molecule has 0 aromatic heterocycles. The molecule has 3 aromatic rings. The molecule has 0 saturated carbocycles. The molecule has 0 unspecified atom stereocenters. The highest BCUT2D eigenvalue weighted by atomic mass is 35.5. The van der Waals surface area contributed by atoms with E-state index >= 15 is 0 Å². The molecular weight excluding hydrogens is 350 g/mol. The first-order chi connectivity index (χ1) is 12.5. The van der Waals surface area contributed by atoms with Crippen LogP contribution in [-0.4, -0.2) is 18.5 Å². The molecule has 0 aliphatic heterocycles. The molecule has 5 heteroatoms. The first-order valence-electron chi connectivity index (χ1n) is 8.17. The van der Waals surface area contributed by atoms with Crippen molar-refractivity contribution in [2.45, 2.75) is 13.8 Å². The number of benzene rings is 3. The lowest BCUT2D eigenvalue weighted by molar-refractivity contribution is -0.119. The molecule has 0 aliphatic rings. The SMILES string of the molecule is Cc1cc(C)c(NC(=O)COC(=O)c2cccc3ccccc23)c(Cl)c1. The van der Waals surface area contributed by atoms with Crippen molar-refractivity contribution >= 4 is 39.9 Å². The fourth-order valence-corrected chi connectivity index (χ4v) is 3.23. The molecule has 0 aliphatic carbocycles. The van der Waals surface area contributed by atoms with E-state index in [-0.39, 0.29) is 6.61 Å². The van der Waals surface area contributed by atoms with E-state index in [0.717, 1.165) is 21.9 Å². The molecule has 3 rings (SSSR count). The van der Waals surface area contributed by atoms with Crippen molar-refractivity contribution in [2.75, 3.05) is 11.9 Å². The van der Waals surface area contributed by atoms with Crippen LogP contribution in [0.3, 0.4) is 0 Å². The first kappa shape index (κ1) is 18.0. The molecule has 1 amide bonds. The van der Waals surface area contributed by atoms with Gasteiger partial charge in [-0.25, -0.2) is 4.79 Å². The maximum absolute atomic E-state index is 12.4. The maximum atomic E-state index is 12.4. The zero-order chi connectivity index (χ0) is 18.7. The Labute approximate surface area is 156 Å². The highest BCUT2D eigenvalue weighted by Gasteiger charge is 2.15. The average molecular weight is 368 g/mol. The third-order valence-electron chi connectivity index (χ3n) is 4.04. The number of amides is 1. The van der Waals surface area contributed by atoms with Crippen molar-refractivity contribution in [3.8, 4) is 0 Å². The highest BCUT2D eigenvalue weighted by molar-refractivity contribution is 6.34. The molecule has 0 atom stereocenters. The molecule has 0 fully saturated rings. The summed E-state index contributed by atoms with van der Waals surface area (Å²) in [5, 5.41) is 4.88. The zero-order valence-corrected chi connectivity index (χ0v) is 15.3. The molecule has 1 N–H and O–H groups in total. The van der Waals surface area contributed by atoms with Gasteiger partial charge in [-0.15, -0.1) is 0 Å². The zero-order valence-electron chi connectivity index (χ0n) is 14.5. The molecular formula is C21H18ClNO3. The standard InChI is InChI=1S/C21H18ClNO3/c1-13-10-14(2)20(18(22)11-13)23-19(24)12-26-21(25)17-9-5-7-15-6-3-4-8-16(15)17/h3-11H,12H2,1-2H3,(H,23,24). The first-order valence-corrected chi connectivity index (χ1v) is 8.55. The molecule has 26 heavy (non-hydrogen) atoms. The van der Waals surface area contributed by atoms with E-state index in [1.165, 1.54) is 0 Å². The topological polar surface area (TPSA) is 55.4 Å². The number of hydrogen-bond donors (Lipinski definition) is 1. The van der Waals surface area contributed by atoms with Crippen LogP contribution in [0.4, 0.5) is 5.69 Å². The molecule has 3 aromatic carbocycles. The van der Waals surface area contributed by atoms with Crippen molar-refractivity contribution in [3.63, 3.8) is 0 Å². The number of fused-ring (bicyclic) bond motifs is 1. The van der Waals surface area contributed by atoms with Gasteiger partial charge in [0.15, 0.2) is 6.61 Å². The number of nitrogens with one attached hydrogen (secondary N) is 1. The van der Waals surface area contributed by atoms with Crippen molar-refractivity contribution in [1.82, 2.24) is 0 Å². The molecule has 0 spiro atoms. The summed E-state index contributed by atoms with van der Waals surface area (Å²) in [4.78, 5) is 24.5. The van der Waals surface area contributed by atoms with Gasteiger partial charge in [-0.3, -0.25) is 4.79 Å². The van der Waals surface area contributed by atoms with Gasteiger partial charge in [0.1, 0.15) is 0 Å². The van der Waals surface area contributed by atoms with Gasteiger partial charge >= 0.3 is 5.97 Å². The van der Waals surface area contributed by atoms with Crippen LogP contribution >= 0.6 is 11.6 Å². The van der Waals surface area contributed by atoms with Gasteiger partial charge in [0.25, 0.3) is 5.91 Å². The summed E-state index contributed by atoms with van der Waals surface area (Å²) in [6.45, 7) is 3.40. The average Bonchev–Trinajstić information content (AvgIpc) is 2.62. The molecule has 0 heterocycles. The maximum Gasteiger partial charge on any atom is 0.339 e. The number of esters is 1. The third-order valence-corrected chi connectivity index (χ3v) is 4.34. The van der Waals surface area contributed by atoms with Crippen LogP contribution in [0, 0.1) is 13.8 Å². The smallest absolute Gasteiger partial charge is 0.339 e. The van der Waals surface area contributed by atoms with Gasteiger partial charge in [-0.2, -0.15) is 0 Å². The Morgan fingerprint density at radius 1 is 1.04 bits per heavy atom. The second kappa shape index (κ2) is 7.58. The van der Waals surface area contributed by atoms with Gasteiger partial charge in [-0.1, -0.05) is 54.1 Å². The van der Waals surface area contributed by atoms with E-state index in [2.05, 4.69) is 5.32 Å². The Balaban J connectivity index is 1.69. The van der Waals surface area contributed by atoms with Crippen LogP contribution < -0.4 is 5.32 Å². The van der Waals surface area contributed by atoms with Crippen molar-refractivity contribution in [1.29, 1.82) is 0 Å². The summed E-state index contributed by atoms with van der Waals surface area (Å²) in [6.07, 6.45) is 0. The van der Waals surface area contributed by atoms with Crippen LogP contribution in [0.2, 0.25) is 5.02 Å². The second-order valence-electron chi connectivity index (χ2n) is 6.09. The summed E-state index contributed by atoms with van der Waals surface area (Å²) in [5.74, 6) is -0.976. The van der Waals surface area contributed by atoms with E-state index in [9.17, 15) is 9.59 Å². The van der Waals surface area contributed by atoms with Gasteiger partial charge in [0.2, 0.25) is 0 Å². The predicted molar refractivity (Wildman–Crippen MR) is 104 cm³/mol. The number of carbonyl (C=O) groups excluding carboxylic acids is 2. The summed E-state index contributed by atoms with van der Waals surface area (Å²) >= 11 is 6.18. The number of aryl methyl sites for hydroxylation is 2. The van der Waals surface area contributed by atoms with Gasteiger partial charge in [0, 0.05) is 0 Å². The van der Waals surface area contributed by atoms with Crippen LogP contribution in [-0.2, 0) is 9.53 Å². The monoisotopic (exact) mass is 367 g/mol. The Morgan fingerprint density at radius 3 is 2.54 bits per heavy atom. The lowest BCUT2D eigenvalue weighted by Gasteiger charge is -2.12. The second-order valence-corrected chi connectivity index (χ2v) is 6.50. The number of ether oxygens (including phenoxy) is 1. The number of hydrogen-bond acceptors (Lipinski definition) is 3. The number of carbonyl (C=O) groups is 2. The van der Waals surface area contributed by atoms with Crippen molar-refractivity contribution < 1.29 is 14.3 Å². The minimum absolute atomic E-state index is 0.383. The summed E-state index contributed by atoms with van der Waals surface area (Å²) in [7, 11) is 0. The largest absolute Gasteiger partial charge is 0.452 e. The minimum atomic E-state index is -0.538. The molecule has 0 saturated heterocycles. The number of rotatable bonds is 4. The minimum Gasteiger partial charge on any atom is -0.452 e. The fraction of sp³-hybridized carbons (Fsp3) is 0.143. The summed E-state index contributed by atoms with van der Waals surface area (Å²) in [5.41, 5.74) is 2.82. The quantitative estimate of drug-likeness (QED) is 0.667. The number of anilines is 1. The van der Waals surface area contributed by atoms with E-state index in [0.29, 0.717) is 16.3 Å². The van der Waals surface area contributed by atoms with E-state index in [4.69, 9.17) is 16.3 Å². The Bertz CT molecular complexity index is 969. The summed E-state index contributed by atoms with van der Waals surface area (Å²) in [6, 6.07) is 16.6. The lowest BCUT2D eigenvalue weighted by Crippen LogP contribution is -2.21. The normalized spacial score (nSPS) is 10.6. The van der Waals surface area contributed by atoms with Crippen molar-refractivity contribution in [2.24, 2.45) is 0 Å². The third kappa shape index (κ3) is 3.86. The van der Waals surface area contributed by atoms with Gasteiger partial charge in [-0.05, 0) is 47.9 Å². The lowest BCUT2D eigenvalue weighted by atomic mass is 10.1. The van der Waals surface area contributed by atoms with E-state index < -0.39 is 11.9 Å². The number of halogens is 1. The Kier molecular flexibility index (Phi) is 5.24. The molecule has 132 valence electrons. The summed E-state index contributed by atoms with van der Waals surface area (Å²) < 4.78 is 5.18. The van der Waals surface area contributed by atoms with Crippen LogP contribution in [0.5, 0.6) is 0 Å². The molecule has 0 radical (unpaired) electrons. The Hall–Kier alpha value is -2.85. The van der Waals surface area contributed by atoms with Crippen molar-refractivity contribution in [3.05, 3.63) is 76.3 Å². The van der Waals surface area contributed by atoms with Crippen LogP contribution in [0.25, 0.3) is 10.8 Å². The predicted octanol–water partition coefficient (Wildman–Crippen LogP) is 4.91. The van der Waals surface area contributed by atoms with E-state index in [1.807, 2.05) is 50.2 Å². The molecule has 0 bridgehead atoms. The van der Waals surface area contributed by atoms with Gasteiger partial charge < -0.3 is 10.1 Å². The Morgan fingerprint density at radius 2 is 1.77 bits per heavy atom. The van der Waals surface area contributed by atoms with E-state index in [1.54, 1.807) is 18.2 Å². The van der Waals surface area contributed by atoms with Crippen LogP contribution in [0.15, 0.2) is 54.6 Å². The van der Waals surface area contributed by atoms with Gasteiger partial charge in [0.05, 0.1) is 16.3 Å².